The monoisotopic (exact) mass is 1060 g/mol. The maximum Gasteiger partial charge on any atom is 0.145 e. The fraction of sp³-hybridized carbons (Fsp3) is 0.0789. The van der Waals surface area contributed by atoms with E-state index in [0.29, 0.717) is 47.2 Å². The zero-order valence-corrected chi connectivity index (χ0v) is 45.2. The Morgan fingerprint density at radius 3 is 1.29 bits per heavy atom. The Labute approximate surface area is 476 Å². The van der Waals surface area contributed by atoms with E-state index < -0.39 is 10.8 Å². The fourth-order valence-electron chi connectivity index (χ4n) is 13.1. The average Bonchev–Trinajstić information content (AvgIpc) is 3.50. The van der Waals surface area contributed by atoms with Crippen LogP contribution in [0.3, 0.4) is 0 Å². The van der Waals surface area contributed by atoms with Crippen LogP contribution in [0.25, 0.3) is 43.8 Å². The number of nitrogens with zero attached hydrogens (tertiary/aromatic N) is 2. The molecule has 0 heterocycles. The molecule has 0 aliphatic heterocycles. The number of benzene rings is 12. The lowest BCUT2D eigenvalue weighted by Gasteiger charge is -2.34. The molecule has 6 nitrogen and oxygen atoms in total. The van der Waals surface area contributed by atoms with Crippen molar-refractivity contribution in [2.24, 2.45) is 0 Å². The van der Waals surface area contributed by atoms with Gasteiger partial charge in [-0.2, -0.15) is 10.5 Å². The van der Waals surface area contributed by atoms with Gasteiger partial charge in [0.1, 0.15) is 46.6 Å². The van der Waals surface area contributed by atoms with Gasteiger partial charge >= 0.3 is 0 Å². The van der Waals surface area contributed by atoms with Crippen LogP contribution in [0.4, 0.5) is 0 Å². The van der Waals surface area contributed by atoms with E-state index in [-0.39, 0.29) is 0 Å². The third-order valence-corrected chi connectivity index (χ3v) is 16.9. The predicted molar refractivity (Wildman–Crippen MR) is 325 cm³/mol. The van der Waals surface area contributed by atoms with Crippen LogP contribution in [0.2, 0.25) is 0 Å². The second kappa shape index (κ2) is 20.2. The molecule has 0 unspecified atom stereocenters. The van der Waals surface area contributed by atoms with E-state index in [1.165, 1.54) is 50.1 Å². The van der Waals surface area contributed by atoms with Crippen LogP contribution < -0.4 is 18.9 Å². The van der Waals surface area contributed by atoms with Crippen LogP contribution in [0.1, 0.15) is 66.8 Å². The molecule has 14 rings (SSSR count). The summed E-state index contributed by atoms with van der Waals surface area (Å²) in [5, 5.41) is 24.8. The highest BCUT2D eigenvalue weighted by molar-refractivity contribution is 5.93. The van der Waals surface area contributed by atoms with Gasteiger partial charge in [0.2, 0.25) is 0 Å². The van der Waals surface area contributed by atoms with E-state index in [0.717, 1.165) is 60.9 Å². The molecular weight excluding hydrogens is 1000 g/mol. The Morgan fingerprint density at radius 1 is 0.366 bits per heavy atom. The first-order chi connectivity index (χ1) is 40.4. The first kappa shape index (κ1) is 49.6. The SMILES string of the molecule is COc1ccc(C2(c3ccc(Oc4cccc(CCOc5ccc6cc(C7(c8ccc9cc(Oc%10cccc(C)c%10C#N)ccc9c8)c8ccccc8-c8ccccc87)ccc6c5)c4C#N)cc3)c3ccccc3-c3ccccc32)cc1. The molecule has 0 radical (unpaired) electrons. The molecule has 390 valence electrons. The van der Waals surface area contributed by atoms with Crippen molar-refractivity contribution in [1.29, 1.82) is 10.5 Å². The maximum atomic E-state index is 10.6. The largest absolute Gasteiger partial charge is 0.497 e. The molecule has 12 aromatic rings. The molecule has 82 heavy (non-hydrogen) atoms. The Hall–Kier alpha value is -10.7. The molecule has 6 heteroatoms. The second-order valence-corrected chi connectivity index (χ2v) is 21.1. The molecule has 0 bridgehead atoms. The molecule has 0 N–H and O–H groups in total. The summed E-state index contributed by atoms with van der Waals surface area (Å²) in [5.74, 6) is 3.91. The predicted octanol–water partition coefficient (Wildman–Crippen LogP) is 18.0. The summed E-state index contributed by atoms with van der Waals surface area (Å²) in [6, 6.07) is 93.8. The molecule has 0 saturated heterocycles. The van der Waals surface area contributed by atoms with Gasteiger partial charge in [0.15, 0.2) is 0 Å². The maximum absolute atomic E-state index is 10.6. The second-order valence-electron chi connectivity index (χ2n) is 21.1. The van der Waals surface area contributed by atoms with E-state index >= 15 is 0 Å². The lowest BCUT2D eigenvalue weighted by atomic mass is 9.67. The van der Waals surface area contributed by atoms with Gasteiger partial charge < -0.3 is 18.9 Å². The van der Waals surface area contributed by atoms with Gasteiger partial charge in [-0.1, -0.05) is 182 Å². The highest BCUT2D eigenvalue weighted by atomic mass is 16.5. The number of fused-ring (bicyclic) bond motifs is 8. The summed E-state index contributed by atoms with van der Waals surface area (Å²) in [4.78, 5) is 0. The highest BCUT2D eigenvalue weighted by Crippen LogP contribution is 2.58. The Bertz CT molecular complexity index is 4490. The summed E-state index contributed by atoms with van der Waals surface area (Å²) in [7, 11) is 1.69. The van der Waals surface area contributed by atoms with E-state index in [9.17, 15) is 10.5 Å². The quantitative estimate of drug-likeness (QED) is 0.114. The summed E-state index contributed by atoms with van der Waals surface area (Å²) in [5.41, 5.74) is 15.9. The van der Waals surface area contributed by atoms with Crippen molar-refractivity contribution in [2.75, 3.05) is 13.7 Å². The molecule has 0 fully saturated rings. The number of nitriles is 2. The number of aryl methyl sites for hydroxylation is 1. The minimum absolute atomic E-state index is 0.367. The third-order valence-electron chi connectivity index (χ3n) is 16.9. The van der Waals surface area contributed by atoms with Gasteiger partial charge in [-0.3, -0.25) is 0 Å². The first-order valence-electron chi connectivity index (χ1n) is 27.6. The molecular formula is C76H52N2O4. The van der Waals surface area contributed by atoms with Crippen molar-refractivity contribution in [3.05, 3.63) is 322 Å². The zero-order valence-electron chi connectivity index (χ0n) is 45.2. The van der Waals surface area contributed by atoms with Crippen LogP contribution in [0.15, 0.2) is 255 Å². The molecule has 12 aromatic carbocycles. The Kier molecular flexibility index (Phi) is 12.2. The van der Waals surface area contributed by atoms with Crippen molar-refractivity contribution < 1.29 is 18.9 Å². The lowest BCUT2D eigenvalue weighted by Crippen LogP contribution is -2.28. The fourth-order valence-corrected chi connectivity index (χ4v) is 13.1. The minimum atomic E-state index is -0.612. The Balaban J connectivity index is 0.726. The van der Waals surface area contributed by atoms with Crippen molar-refractivity contribution in [3.8, 4) is 68.9 Å². The van der Waals surface area contributed by atoms with E-state index in [4.69, 9.17) is 18.9 Å². The number of hydrogen-bond donors (Lipinski definition) is 0. The van der Waals surface area contributed by atoms with Gasteiger partial charge in [-0.15, -0.1) is 0 Å². The van der Waals surface area contributed by atoms with Crippen molar-refractivity contribution in [2.45, 2.75) is 24.2 Å². The van der Waals surface area contributed by atoms with E-state index in [1.807, 2.05) is 85.8 Å². The topological polar surface area (TPSA) is 84.5 Å². The molecule has 2 aliphatic carbocycles. The summed E-state index contributed by atoms with van der Waals surface area (Å²) in [6.45, 7) is 2.29. The van der Waals surface area contributed by atoms with Gasteiger partial charge in [-0.25, -0.2) is 0 Å². The van der Waals surface area contributed by atoms with Crippen molar-refractivity contribution in [1.82, 2.24) is 0 Å². The number of rotatable bonds is 13. The van der Waals surface area contributed by atoms with Crippen LogP contribution in [0.5, 0.6) is 34.5 Å². The number of methoxy groups -OCH3 is 1. The number of hydrogen-bond acceptors (Lipinski definition) is 6. The first-order valence-corrected chi connectivity index (χ1v) is 27.6. The Morgan fingerprint density at radius 2 is 0.768 bits per heavy atom. The van der Waals surface area contributed by atoms with Gasteiger partial charge in [-0.05, 0) is 179 Å². The van der Waals surface area contributed by atoms with Gasteiger partial charge in [0, 0.05) is 6.42 Å². The van der Waals surface area contributed by atoms with Gasteiger partial charge in [0.25, 0.3) is 0 Å². The van der Waals surface area contributed by atoms with E-state index in [2.05, 4.69) is 188 Å². The van der Waals surface area contributed by atoms with Crippen LogP contribution in [-0.2, 0) is 17.3 Å². The highest BCUT2D eigenvalue weighted by Gasteiger charge is 2.47. The molecule has 0 amide bonds. The minimum Gasteiger partial charge on any atom is -0.497 e. The lowest BCUT2D eigenvalue weighted by molar-refractivity contribution is 0.322. The smallest absolute Gasteiger partial charge is 0.145 e. The standard InChI is InChI=1S/C76H52N2O4/c1-49-13-11-23-73(67(49)47-77)82-62-36-28-52-44-58(30-26-54(52)46-62)76(71-21-9-5-17-65(71)66-18-6-10-22-72(66)76)57-29-25-53-45-61(35-27-51(53)43-57)80-42-41-50-14-12-24-74(68(50)48-78)81-60-39-33-56(34-40-60)75(55-31-37-59(79-2)38-32-55)69-19-7-3-15-63(69)64-16-4-8-20-70(64)75/h3-40,43-46H,41-42H2,1-2H3. The summed E-state index contributed by atoms with van der Waals surface area (Å²) >= 11 is 0. The molecule has 0 saturated carbocycles. The summed E-state index contributed by atoms with van der Waals surface area (Å²) in [6.07, 6.45) is 0.509. The van der Waals surface area contributed by atoms with Gasteiger partial charge in [0.05, 0.1) is 35.7 Å². The van der Waals surface area contributed by atoms with Crippen molar-refractivity contribution >= 4 is 21.5 Å². The molecule has 2 aliphatic rings. The molecule has 0 spiro atoms. The summed E-state index contributed by atoms with van der Waals surface area (Å²) < 4.78 is 24.9. The normalized spacial score (nSPS) is 13.0. The van der Waals surface area contributed by atoms with Crippen molar-refractivity contribution in [3.63, 3.8) is 0 Å². The van der Waals surface area contributed by atoms with E-state index in [1.54, 1.807) is 7.11 Å². The van der Waals surface area contributed by atoms with Crippen LogP contribution >= 0.6 is 0 Å². The zero-order chi connectivity index (χ0) is 55.4. The third kappa shape index (κ3) is 7.99. The van der Waals surface area contributed by atoms with Crippen LogP contribution in [0, 0.1) is 29.6 Å². The number of ether oxygens (including phenoxy) is 4. The average molecular weight is 1060 g/mol. The van der Waals surface area contributed by atoms with Crippen LogP contribution in [-0.4, -0.2) is 13.7 Å². The molecule has 0 atom stereocenters. The molecule has 0 aromatic heterocycles.